The molecule has 0 spiro atoms. The highest BCUT2D eigenvalue weighted by Crippen LogP contribution is 2.32. The van der Waals surface area contributed by atoms with Crippen LogP contribution in [0.1, 0.15) is 37.0 Å². The van der Waals surface area contributed by atoms with Crippen molar-refractivity contribution in [3.63, 3.8) is 0 Å². The molecule has 0 unspecified atom stereocenters. The van der Waals surface area contributed by atoms with Crippen LogP contribution in [0.3, 0.4) is 0 Å². The van der Waals surface area contributed by atoms with Gasteiger partial charge in [-0.2, -0.15) is 0 Å². The Morgan fingerprint density at radius 3 is 2.24 bits per heavy atom. The number of hydrogen-bond donors (Lipinski definition) is 0. The lowest BCUT2D eigenvalue weighted by Crippen LogP contribution is -2.01. The van der Waals surface area contributed by atoms with Crippen LogP contribution >= 0.6 is 15.9 Å². The molecule has 1 aromatic rings. The van der Waals surface area contributed by atoms with Crippen LogP contribution in [0.2, 0.25) is 0 Å². The molecular formula is C13H17BrO3. The lowest BCUT2D eigenvalue weighted by molar-refractivity contribution is 0.111. The summed E-state index contributed by atoms with van der Waals surface area (Å²) >= 11 is 3.41. The van der Waals surface area contributed by atoms with Crippen LogP contribution in [-0.2, 0) is 0 Å². The molecule has 1 rings (SSSR count). The first-order valence-corrected chi connectivity index (χ1v) is 6.56. The molecular weight excluding hydrogens is 284 g/mol. The highest BCUT2D eigenvalue weighted by molar-refractivity contribution is 9.10. The van der Waals surface area contributed by atoms with Crippen molar-refractivity contribution in [3.05, 3.63) is 22.2 Å². The van der Waals surface area contributed by atoms with E-state index in [0.29, 0.717) is 30.3 Å². The minimum Gasteiger partial charge on any atom is -0.493 e. The average molecular weight is 301 g/mol. The second kappa shape index (κ2) is 7.33. The Morgan fingerprint density at radius 2 is 1.71 bits per heavy atom. The van der Waals surface area contributed by atoms with Crippen LogP contribution in [0.25, 0.3) is 0 Å². The van der Waals surface area contributed by atoms with E-state index in [4.69, 9.17) is 9.47 Å². The Labute approximate surface area is 110 Å². The number of ether oxygens (including phenoxy) is 2. The van der Waals surface area contributed by atoms with E-state index in [0.717, 1.165) is 23.6 Å². The fourth-order valence-electron chi connectivity index (χ4n) is 1.30. The van der Waals surface area contributed by atoms with Gasteiger partial charge in [-0.15, -0.1) is 0 Å². The van der Waals surface area contributed by atoms with Gasteiger partial charge in [0.2, 0.25) is 0 Å². The fourth-order valence-corrected chi connectivity index (χ4v) is 1.74. The summed E-state index contributed by atoms with van der Waals surface area (Å²) in [6.07, 6.45) is 2.62. The fraction of sp³-hybridized carbons (Fsp3) is 0.462. The molecule has 0 bridgehead atoms. The van der Waals surface area contributed by atoms with E-state index >= 15 is 0 Å². The SMILES string of the molecule is CCCOc1cc(C=O)c(OCCC)cc1Br. The molecule has 0 saturated carbocycles. The molecule has 0 fully saturated rings. The monoisotopic (exact) mass is 300 g/mol. The van der Waals surface area contributed by atoms with Crippen LogP contribution in [0.4, 0.5) is 0 Å². The van der Waals surface area contributed by atoms with Gasteiger partial charge >= 0.3 is 0 Å². The molecule has 0 heterocycles. The summed E-state index contributed by atoms with van der Waals surface area (Å²) < 4.78 is 11.8. The first kappa shape index (κ1) is 14.0. The van der Waals surface area contributed by atoms with Crippen LogP contribution in [-0.4, -0.2) is 19.5 Å². The molecule has 0 atom stereocenters. The molecule has 0 aliphatic carbocycles. The molecule has 0 aromatic heterocycles. The molecule has 0 N–H and O–H groups in total. The van der Waals surface area contributed by atoms with Crippen molar-refractivity contribution >= 4 is 22.2 Å². The van der Waals surface area contributed by atoms with Gasteiger partial charge in [-0.25, -0.2) is 0 Å². The molecule has 17 heavy (non-hydrogen) atoms. The van der Waals surface area contributed by atoms with Crippen molar-refractivity contribution in [2.45, 2.75) is 26.7 Å². The van der Waals surface area contributed by atoms with Crippen molar-refractivity contribution < 1.29 is 14.3 Å². The molecule has 0 aliphatic rings. The first-order valence-electron chi connectivity index (χ1n) is 5.77. The molecule has 4 heteroatoms. The van der Waals surface area contributed by atoms with Gasteiger partial charge < -0.3 is 9.47 Å². The van der Waals surface area contributed by atoms with Crippen LogP contribution in [0.5, 0.6) is 11.5 Å². The van der Waals surface area contributed by atoms with Crippen molar-refractivity contribution in [2.24, 2.45) is 0 Å². The van der Waals surface area contributed by atoms with Crippen molar-refractivity contribution in [1.82, 2.24) is 0 Å². The van der Waals surface area contributed by atoms with E-state index in [9.17, 15) is 4.79 Å². The van der Waals surface area contributed by atoms with Gasteiger partial charge in [0, 0.05) is 0 Å². The number of aldehydes is 1. The van der Waals surface area contributed by atoms with E-state index in [2.05, 4.69) is 15.9 Å². The zero-order valence-electron chi connectivity index (χ0n) is 10.2. The lowest BCUT2D eigenvalue weighted by Gasteiger charge is -2.12. The number of benzene rings is 1. The summed E-state index contributed by atoms with van der Waals surface area (Å²) in [4.78, 5) is 11.0. The predicted molar refractivity (Wildman–Crippen MR) is 71.1 cm³/mol. The predicted octanol–water partition coefficient (Wildman–Crippen LogP) is 3.84. The molecule has 0 saturated heterocycles. The Hall–Kier alpha value is -1.03. The molecule has 1 aromatic carbocycles. The third-order valence-electron chi connectivity index (χ3n) is 2.11. The van der Waals surface area contributed by atoms with Crippen molar-refractivity contribution in [2.75, 3.05) is 13.2 Å². The van der Waals surface area contributed by atoms with Gasteiger partial charge in [0.1, 0.15) is 11.5 Å². The van der Waals surface area contributed by atoms with Gasteiger partial charge in [-0.3, -0.25) is 4.79 Å². The van der Waals surface area contributed by atoms with Crippen LogP contribution < -0.4 is 9.47 Å². The van der Waals surface area contributed by atoms with E-state index in [-0.39, 0.29) is 0 Å². The summed E-state index contributed by atoms with van der Waals surface area (Å²) in [6, 6.07) is 3.49. The number of rotatable bonds is 7. The smallest absolute Gasteiger partial charge is 0.153 e. The maximum atomic E-state index is 11.0. The Bertz CT molecular complexity index is 377. The summed E-state index contributed by atoms with van der Waals surface area (Å²) in [6.45, 7) is 5.29. The maximum Gasteiger partial charge on any atom is 0.153 e. The second-order valence-corrected chi connectivity index (χ2v) is 4.49. The summed E-state index contributed by atoms with van der Waals surface area (Å²) in [5.74, 6) is 1.27. The lowest BCUT2D eigenvalue weighted by atomic mass is 10.2. The first-order chi connectivity index (χ1) is 8.22. The van der Waals surface area contributed by atoms with Crippen LogP contribution in [0.15, 0.2) is 16.6 Å². The number of hydrogen-bond acceptors (Lipinski definition) is 3. The molecule has 0 amide bonds. The van der Waals surface area contributed by atoms with Gasteiger partial charge in [0.25, 0.3) is 0 Å². The van der Waals surface area contributed by atoms with Crippen LogP contribution in [0, 0.1) is 0 Å². The van der Waals surface area contributed by atoms with Gasteiger partial charge in [-0.05, 0) is 40.9 Å². The largest absolute Gasteiger partial charge is 0.493 e. The molecule has 0 aliphatic heterocycles. The topological polar surface area (TPSA) is 35.5 Å². The van der Waals surface area contributed by atoms with Gasteiger partial charge in [0.15, 0.2) is 6.29 Å². The third-order valence-corrected chi connectivity index (χ3v) is 2.73. The number of carbonyl (C=O) groups is 1. The minimum absolute atomic E-state index is 0.521. The molecule has 94 valence electrons. The van der Waals surface area contributed by atoms with E-state index in [1.807, 2.05) is 13.8 Å². The number of carbonyl (C=O) groups excluding carboxylic acids is 1. The van der Waals surface area contributed by atoms with Crippen molar-refractivity contribution in [1.29, 1.82) is 0 Å². The summed E-state index contributed by atoms with van der Waals surface area (Å²) in [5.41, 5.74) is 0.521. The zero-order valence-corrected chi connectivity index (χ0v) is 11.7. The quantitative estimate of drug-likeness (QED) is 0.718. The Kier molecular flexibility index (Phi) is 6.05. The van der Waals surface area contributed by atoms with E-state index in [1.54, 1.807) is 12.1 Å². The third kappa shape index (κ3) is 4.04. The highest BCUT2D eigenvalue weighted by atomic mass is 79.9. The zero-order chi connectivity index (χ0) is 12.7. The van der Waals surface area contributed by atoms with Crippen molar-refractivity contribution in [3.8, 4) is 11.5 Å². The summed E-state index contributed by atoms with van der Waals surface area (Å²) in [5, 5.41) is 0. The Morgan fingerprint density at radius 1 is 1.12 bits per heavy atom. The normalized spacial score (nSPS) is 10.1. The van der Waals surface area contributed by atoms with E-state index in [1.165, 1.54) is 0 Å². The average Bonchev–Trinajstić information content (AvgIpc) is 2.35. The van der Waals surface area contributed by atoms with Gasteiger partial charge in [0.05, 0.1) is 23.2 Å². The molecule has 0 radical (unpaired) electrons. The Balaban J connectivity index is 2.93. The highest BCUT2D eigenvalue weighted by Gasteiger charge is 2.10. The molecule has 3 nitrogen and oxygen atoms in total. The maximum absolute atomic E-state index is 11.0. The second-order valence-electron chi connectivity index (χ2n) is 3.64. The summed E-state index contributed by atoms with van der Waals surface area (Å²) in [7, 11) is 0. The minimum atomic E-state index is 0.521. The van der Waals surface area contributed by atoms with Gasteiger partial charge in [-0.1, -0.05) is 13.8 Å². The van der Waals surface area contributed by atoms with E-state index < -0.39 is 0 Å². The standard InChI is InChI=1S/C13H17BrO3/c1-3-5-16-12-8-11(14)13(17-6-4-2)7-10(12)9-15/h7-9H,3-6H2,1-2H3. The number of halogens is 1.